The number of hydrogen-bond acceptors (Lipinski definition) is 5. The second-order valence-corrected chi connectivity index (χ2v) is 8.16. The molecule has 0 saturated carbocycles. The molecule has 1 saturated heterocycles. The Morgan fingerprint density at radius 1 is 1.40 bits per heavy atom. The number of nitrogens with one attached hydrogen (secondary N) is 2. The molecule has 6 nitrogen and oxygen atoms in total. The lowest BCUT2D eigenvalue weighted by molar-refractivity contribution is 0.187. The first kappa shape index (κ1) is 20.0. The molecule has 0 aliphatic carbocycles. The van der Waals surface area contributed by atoms with Gasteiger partial charge in [-0.15, -0.1) is 11.3 Å². The molecule has 1 aromatic heterocycles. The van der Waals surface area contributed by atoms with Crippen LogP contribution in [0.25, 0.3) is 0 Å². The van der Waals surface area contributed by atoms with Crippen molar-refractivity contribution in [2.75, 3.05) is 45.2 Å². The monoisotopic (exact) mass is 366 g/mol. The number of guanidine groups is 1. The van der Waals surface area contributed by atoms with Gasteiger partial charge in [-0.1, -0.05) is 13.8 Å². The molecule has 1 fully saturated rings. The van der Waals surface area contributed by atoms with Crippen LogP contribution in [-0.4, -0.2) is 62.2 Å². The zero-order valence-electron chi connectivity index (χ0n) is 16.4. The zero-order chi connectivity index (χ0) is 18.2. The standard InChI is InChI=1S/C18H34N6S/c1-6-19-17(20-11-16-13-25-18(22-16)23(4)5)21-15-7-9-24(10-8-15)12-14(2)3/h13-15H,6-12H2,1-5H3,(H2,19,20,21). The Bertz CT molecular complexity index is 531. The average Bonchev–Trinajstić information content (AvgIpc) is 3.03. The number of aromatic nitrogens is 1. The molecule has 2 N–H and O–H groups in total. The molecule has 0 amide bonds. The molecule has 0 spiro atoms. The van der Waals surface area contributed by atoms with E-state index in [9.17, 15) is 0 Å². The van der Waals surface area contributed by atoms with Gasteiger partial charge in [-0.3, -0.25) is 0 Å². The molecule has 0 radical (unpaired) electrons. The third-order valence-electron chi connectivity index (χ3n) is 4.22. The van der Waals surface area contributed by atoms with Crippen LogP contribution >= 0.6 is 11.3 Å². The molecule has 0 atom stereocenters. The number of hydrogen-bond donors (Lipinski definition) is 2. The molecule has 142 valence electrons. The fourth-order valence-electron chi connectivity index (χ4n) is 3.02. The maximum Gasteiger partial charge on any atom is 0.191 e. The predicted molar refractivity (Wildman–Crippen MR) is 109 cm³/mol. The van der Waals surface area contributed by atoms with E-state index < -0.39 is 0 Å². The molecular weight excluding hydrogens is 332 g/mol. The van der Waals surface area contributed by atoms with Gasteiger partial charge in [0.15, 0.2) is 11.1 Å². The van der Waals surface area contributed by atoms with Crippen molar-refractivity contribution in [3.05, 3.63) is 11.1 Å². The van der Waals surface area contributed by atoms with E-state index in [2.05, 4.69) is 46.7 Å². The molecule has 2 rings (SSSR count). The van der Waals surface area contributed by atoms with Crippen LogP contribution in [0.3, 0.4) is 0 Å². The van der Waals surface area contributed by atoms with Gasteiger partial charge in [-0.2, -0.15) is 0 Å². The highest BCUT2D eigenvalue weighted by molar-refractivity contribution is 7.13. The van der Waals surface area contributed by atoms with Crippen molar-refractivity contribution >= 4 is 22.4 Å². The van der Waals surface area contributed by atoms with E-state index in [1.165, 1.54) is 32.5 Å². The summed E-state index contributed by atoms with van der Waals surface area (Å²) >= 11 is 1.66. The van der Waals surface area contributed by atoms with Gasteiger partial charge in [0.1, 0.15) is 0 Å². The molecule has 2 heterocycles. The number of nitrogens with zero attached hydrogens (tertiary/aromatic N) is 4. The molecule has 0 bridgehead atoms. The van der Waals surface area contributed by atoms with E-state index in [0.29, 0.717) is 12.6 Å². The quantitative estimate of drug-likeness (QED) is 0.573. The molecule has 1 aliphatic rings. The largest absolute Gasteiger partial charge is 0.357 e. The van der Waals surface area contributed by atoms with Crippen LogP contribution < -0.4 is 15.5 Å². The van der Waals surface area contributed by atoms with Crippen molar-refractivity contribution in [1.82, 2.24) is 20.5 Å². The Hall–Kier alpha value is -1.34. The minimum Gasteiger partial charge on any atom is -0.357 e. The lowest BCUT2D eigenvalue weighted by Crippen LogP contribution is -2.49. The lowest BCUT2D eigenvalue weighted by Gasteiger charge is -2.34. The van der Waals surface area contributed by atoms with Crippen molar-refractivity contribution in [3.8, 4) is 0 Å². The topological polar surface area (TPSA) is 55.8 Å². The number of rotatable bonds is 7. The van der Waals surface area contributed by atoms with Gasteiger partial charge in [0, 0.05) is 51.7 Å². The predicted octanol–water partition coefficient (Wildman–Crippen LogP) is 2.38. The molecule has 1 aromatic rings. The summed E-state index contributed by atoms with van der Waals surface area (Å²) in [6, 6.07) is 0.508. The SMILES string of the molecule is CCNC(=NCc1csc(N(C)C)n1)NC1CCN(CC(C)C)CC1. The van der Waals surface area contributed by atoms with Crippen LogP contribution in [0.1, 0.15) is 39.3 Å². The van der Waals surface area contributed by atoms with Gasteiger partial charge < -0.3 is 20.4 Å². The lowest BCUT2D eigenvalue weighted by atomic mass is 10.0. The fourth-order valence-corrected chi connectivity index (χ4v) is 3.77. The molecule has 0 unspecified atom stereocenters. The second kappa shape index (κ2) is 9.97. The van der Waals surface area contributed by atoms with Crippen LogP contribution in [0.5, 0.6) is 0 Å². The summed E-state index contributed by atoms with van der Waals surface area (Å²) in [4.78, 5) is 13.9. The van der Waals surface area contributed by atoms with E-state index in [1.807, 2.05) is 19.0 Å². The Labute approximate surface area is 156 Å². The highest BCUT2D eigenvalue weighted by Crippen LogP contribution is 2.18. The normalized spacial score (nSPS) is 17.1. The fraction of sp³-hybridized carbons (Fsp3) is 0.778. The van der Waals surface area contributed by atoms with Crippen molar-refractivity contribution < 1.29 is 0 Å². The first-order valence-electron chi connectivity index (χ1n) is 9.36. The third kappa shape index (κ3) is 6.82. The Kier molecular flexibility index (Phi) is 7.96. The maximum absolute atomic E-state index is 4.72. The molecule has 1 aliphatic heterocycles. The van der Waals surface area contributed by atoms with E-state index in [4.69, 9.17) is 4.99 Å². The Morgan fingerprint density at radius 3 is 2.68 bits per heavy atom. The first-order chi connectivity index (χ1) is 12.0. The summed E-state index contributed by atoms with van der Waals surface area (Å²) in [6.07, 6.45) is 2.36. The Morgan fingerprint density at radius 2 is 2.12 bits per heavy atom. The van der Waals surface area contributed by atoms with E-state index >= 15 is 0 Å². The summed E-state index contributed by atoms with van der Waals surface area (Å²) in [7, 11) is 4.03. The van der Waals surface area contributed by atoms with Gasteiger partial charge in [0.2, 0.25) is 0 Å². The maximum atomic E-state index is 4.72. The molecule has 25 heavy (non-hydrogen) atoms. The Balaban J connectivity index is 1.85. The first-order valence-corrected chi connectivity index (χ1v) is 10.2. The van der Waals surface area contributed by atoms with Crippen LogP contribution in [0, 0.1) is 5.92 Å². The van der Waals surface area contributed by atoms with Crippen LogP contribution in [0.2, 0.25) is 0 Å². The third-order valence-corrected chi connectivity index (χ3v) is 5.27. The van der Waals surface area contributed by atoms with Gasteiger partial charge in [-0.05, 0) is 25.7 Å². The van der Waals surface area contributed by atoms with Crippen molar-refractivity contribution in [2.24, 2.45) is 10.9 Å². The summed E-state index contributed by atoms with van der Waals surface area (Å²) < 4.78 is 0. The summed E-state index contributed by atoms with van der Waals surface area (Å²) in [5.41, 5.74) is 1.03. The van der Waals surface area contributed by atoms with Gasteiger partial charge in [0.05, 0.1) is 12.2 Å². The number of anilines is 1. The number of aliphatic imine (C=N–C) groups is 1. The van der Waals surface area contributed by atoms with Crippen molar-refractivity contribution in [1.29, 1.82) is 0 Å². The van der Waals surface area contributed by atoms with Crippen molar-refractivity contribution in [2.45, 2.75) is 46.2 Å². The minimum atomic E-state index is 0.508. The highest BCUT2D eigenvalue weighted by Gasteiger charge is 2.20. The van der Waals surface area contributed by atoms with E-state index in [-0.39, 0.29) is 0 Å². The highest BCUT2D eigenvalue weighted by atomic mass is 32.1. The number of piperidine rings is 1. The smallest absolute Gasteiger partial charge is 0.191 e. The van der Waals surface area contributed by atoms with Crippen LogP contribution in [0.15, 0.2) is 10.4 Å². The number of likely N-dealkylation sites (tertiary alicyclic amines) is 1. The average molecular weight is 367 g/mol. The van der Waals surface area contributed by atoms with Crippen LogP contribution in [0.4, 0.5) is 5.13 Å². The van der Waals surface area contributed by atoms with Gasteiger partial charge in [-0.25, -0.2) is 9.98 Å². The van der Waals surface area contributed by atoms with E-state index in [1.54, 1.807) is 11.3 Å². The molecule has 7 heteroatoms. The molecule has 0 aromatic carbocycles. The second-order valence-electron chi connectivity index (χ2n) is 7.32. The van der Waals surface area contributed by atoms with Gasteiger partial charge >= 0.3 is 0 Å². The molecular formula is C18H34N6S. The minimum absolute atomic E-state index is 0.508. The summed E-state index contributed by atoms with van der Waals surface area (Å²) in [5.74, 6) is 1.65. The van der Waals surface area contributed by atoms with E-state index in [0.717, 1.165) is 29.2 Å². The number of thiazole rings is 1. The summed E-state index contributed by atoms with van der Waals surface area (Å²) in [5, 5.41) is 10.1. The van der Waals surface area contributed by atoms with Crippen molar-refractivity contribution in [3.63, 3.8) is 0 Å². The summed E-state index contributed by atoms with van der Waals surface area (Å²) in [6.45, 7) is 11.7. The van der Waals surface area contributed by atoms with Gasteiger partial charge in [0.25, 0.3) is 0 Å². The van der Waals surface area contributed by atoms with Crippen LogP contribution in [-0.2, 0) is 6.54 Å². The zero-order valence-corrected chi connectivity index (χ0v) is 17.2.